The van der Waals surface area contributed by atoms with Gasteiger partial charge in [-0.2, -0.15) is 5.26 Å². The fraction of sp³-hybridized carbons (Fsp3) is 0.417. The number of guanidine groups is 1. The maximum atomic E-state index is 8.70. The topological polar surface area (TPSA) is 76.3 Å². The number of anilines is 1. The molecule has 0 aromatic carbocycles. The van der Waals surface area contributed by atoms with Gasteiger partial charge in [-0.05, 0) is 32.1 Å². The smallest absolute Gasteiger partial charge is 0.212 e. The molecule has 2 rings (SSSR count). The van der Waals surface area contributed by atoms with Crippen LogP contribution >= 0.6 is 0 Å². The Bertz CT molecular complexity index is 449. The lowest BCUT2D eigenvalue weighted by Crippen LogP contribution is -2.40. The van der Waals surface area contributed by atoms with Crippen LogP contribution in [-0.4, -0.2) is 42.0 Å². The molecule has 0 saturated carbocycles. The number of hydrogen-bond donors (Lipinski definition) is 2. The van der Waals surface area contributed by atoms with Crippen LogP contribution in [0, 0.1) is 11.5 Å². The van der Waals surface area contributed by atoms with Crippen molar-refractivity contribution in [2.75, 3.05) is 25.5 Å². The highest BCUT2D eigenvalue weighted by Crippen LogP contribution is 2.07. The molecule has 1 saturated heterocycles. The lowest BCUT2D eigenvalue weighted by atomic mass is 10.3. The number of aromatic nitrogens is 1. The van der Waals surface area contributed by atoms with E-state index in [4.69, 9.17) is 5.26 Å². The number of nitriles is 1. The number of pyridine rings is 1. The van der Waals surface area contributed by atoms with Crippen LogP contribution in [-0.2, 0) is 0 Å². The summed E-state index contributed by atoms with van der Waals surface area (Å²) in [5, 5.41) is 15.0. The number of rotatable bonds is 2. The Kier molecular flexibility index (Phi) is 4.10. The van der Waals surface area contributed by atoms with E-state index in [9.17, 15) is 0 Å². The van der Waals surface area contributed by atoms with Crippen molar-refractivity contribution >= 4 is 11.6 Å². The molecule has 94 valence electrons. The van der Waals surface area contributed by atoms with Gasteiger partial charge in [0, 0.05) is 18.8 Å². The van der Waals surface area contributed by atoms with Gasteiger partial charge in [-0.1, -0.05) is 0 Å². The second-order valence-electron chi connectivity index (χ2n) is 4.32. The summed E-state index contributed by atoms with van der Waals surface area (Å²) < 4.78 is 0. The van der Waals surface area contributed by atoms with Crippen molar-refractivity contribution in [1.82, 2.24) is 15.2 Å². The van der Waals surface area contributed by atoms with Crippen molar-refractivity contribution in [2.45, 2.75) is 12.5 Å². The highest BCUT2D eigenvalue weighted by Gasteiger charge is 2.20. The molecule has 0 bridgehead atoms. The lowest BCUT2D eigenvalue weighted by Gasteiger charge is -2.16. The molecule has 0 radical (unpaired) electrons. The minimum absolute atomic E-state index is 0.325. The van der Waals surface area contributed by atoms with Crippen molar-refractivity contribution < 1.29 is 0 Å². The molecule has 6 heteroatoms. The van der Waals surface area contributed by atoms with Crippen LogP contribution in [0.25, 0.3) is 0 Å². The van der Waals surface area contributed by atoms with E-state index in [1.54, 1.807) is 18.6 Å². The third-order valence-corrected chi connectivity index (χ3v) is 2.82. The van der Waals surface area contributed by atoms with E-state index in [0.29, 0.717) is 12.0 Å². The predicted molar refractivity (Wildman–Crippen MR) is 69.9 cm³/mol. The highest BCUT2D eigenvalue weighted by molar-refractivity contribution is 5.94. The summed E-state index contributed by atoms with van der Waals surface area (Å²) in [7, 11) is 2.08. The standard InChI is InChI=1S/C12H16N6/c1-18-6-4-11(8-18)17-12(15-9-13)16-10-3-2-5-14-7-10/h2-3,5,7,11H,4,6,8H2,1H3,(H2,15,16,17)/t11-/m1/s1. The summed E-state index contributed by atoms with van der Waals surface area (Å²) in [6, 6.07) is 4.03. The van der Waals surface area contributed by atoms with Gasteiger partial charge in [0.1, 0.15) is 0 Å². The molecule has 18 heavy (non-hydrogen) atoms. The Morgan fingerprint density at radius 1 is 1.67 bits per heavy atom. The second kappa shape index (κ2) is 5.98. The Hall–Kier alpha value is -2.13. The van der Waals surface area contributed by atoms with E-state index in [2.05, 4.69) is 32.6 Å². The SMILES string of the molecule is CN1CC[C@@H](N/C(=N/C#N)Nc2cccnc2)C1. The Morgan fingerprint density at radius 2 is 2.56 bits per heavy atom. The van der Waals surface area contributed by atoms with Gasteiger partial charge in [-0.25, -0.2) is 0 Å². The minimum atomic E-state index is 0.325. The number of nitrogens with zero attached hydrogens (tertiary/aromatic N) is 4. The average Bonchev–Trinajstić information content (AvgIpc) is 2.76. The van der Waals surface area contributed by atoms with Crippen LogP contribution in [0.15, 0.2) is 29.5 Å². The molecule has 1 aliphatic heterocycles. The monoisotopic (exact) mass is 244 g/mol. The van der Waals surface area contributed by atoms with Crippen molar-refractivity contribution in [1.29, 1.82) is 5.26 Å². The quantitative estimate of drug-likeness (QED) is 0.453. The molecule has 2 heterocycles. The fourth-order valence-electron chi connectivity index (χ4n) is 1.97. The van der Waals surface area contributed by atoms with Crippen molar-refractivity contribution in [3.05, 3.63) is 24.5 Å². The molecule has 2 N–H and O–H groups in total. The molecule has 6 nitrogen and oxygen atoms in total. The number of hydrogen-bond acceptors (Lipinski definition) is 4. The fourth-order valence-corrected chi connectivity index (χ4v) is 1.97. The van der Waals surface area contributed by atoms with Crippen molar-refractivity contribution in [3.63, 3.8) is 0 Å². The molecule has 0 amide bonds. The first-order valence-electron chi connectivity index (χ1n) is 5.87. The molecule has 1 atom stereocenters. The second-order valence-corrected chi connectivity index (χ2v) is 4.32. The zero-order chi connectivity index (χ0) is 12.8. The average molecular weight is 244 g/mol. The Labute approximate surface area is 106 Å². The van der Waals surface area contributed by atoms with Crippen LogP contribution in [0.5, 0.6) is 0 Å². The van der Waals surface area contributed by atoms with Gasteiger partial charge < -0.3 is 15.5 Å². The normalized spacial score (nSPS) is 20.4. The molecular formula is C12H16N6. The van der Waals surface area contributed by atoms with Gasteiger partial charge in [-0.3, -0.25) is 4.98 Å². The third kappa shape index (κ3) is 3.43. The maximum Gasteiger partial charge on any atom is 0.212 e. The molecule has 1 aromatic rings. The summed E-state index contributed by atoms with van der Waals surface area (Å²) in [5.41, 5.74) is 0.811. The summed E-state index contributed by atoms with van der Waals surface area (Å²) in [4.78, 5) is 10.0. The van der Waals surface area contributed by atoms with Crippen molar-refractivity contribution in [2.24, 2.45) is 4.99 Å². The van der Waals surface area contributed by atoms with Gasteiger partial charge in [0.05, 0.1) is 11.9 Å². The lowest BCUT2D eigenvalue weighted by molar-refractivity contribution is 0.407. The number of likely N-dealkylation sites (N-methyl/N-ethyl adjacent to an activating group) is 1. The molecule has 0 aliphatic carbocycles. The van der Waals surface area contributed by atoms with E-state index in [1.165, 1.54) is 0 Å². The van der Waals surface area contributed by atoms with Crippen LogP contribution in [0.2, 0.25) is 0 Å². The minimum Gasteiger partial charge on any atom is -0.351 e. The third-order valence-electron chi connectivity index (χ3n) is 2.82. The Balaban J connectivity index is 1.97. The zero-order valence-corrected chi connectivity index (χ0v) is 10.3. The van der Waals surface area contributed by atoms with Gasteiger partial charge in [0.15, 0.2) is 0 Å². The van der Waals surface area contributed by atoms with Crippen LogP contribution in [0.3, 0.4) is 0 Å². The molecule has 1 fully saturated rings. The summed E-state index contributed by atoms with van der Waals surface area (Å²) in [5.74, 6) is 0.478. The molecule has 0 unspecified atom stereocenters. The van der Waals surface area contributed by atoms with Gasteiger partial charge in [0.25, 0.3) is 0 Å². The van der Waals surface area contributed by atoms with Gasteiger partial charge >= 0.3 is 0 Å². The molecule has 0 spiro atoms. The van der Waals surface area contributed by atoms with E-state index in [-0.39, 0.29) is 0 Å². The first kappa shape index (κ1) is 12.3. The largest absolute Gasteiger partial charge is 0.351 e. The van der Waals surface area contributed by atoms with E-state index < -0.39 is 0 Å². The first-order valence-corrected chi connectivity index (χ1v) is 5.87. The molecular weight excluding hydrogens is 228 g/mol. The maximum absolute atomic E-state index is 8.70. The zero-order valence-electron chi connectivity index (χ0n) is 10.3. The van der Waals surface area contributed by atoms with Gasteiger partial charge in [0.2, 0.25) is 12.2 Å². The molecule has 1 aliphatic rings. The van der Waals surface area contributed by atoms with Crippen molar-refractivity contribution in [3.8, 4) is 6.19 Å². The number of nitrogens with one attached hydrogen (secondary N) is 2. The van der Waals surface area contributed by atoms with Crippen LogP contribution in [0.1, 0.15) is 6.42 Å². The summed E-state index contributed by atoms with van der Waals surface area (Å²) in [6.07, 6.45) is 6.24. The van der Waals surface area contributed by atoms with E-state index in [0.717, 1.165) is 25.2 Å². The van der Waals surface area contributed by atoms with Crippen LogP contribution in [0.4, 0.5) is 5.69 Å². The Morgan fingerprint density at radius 3 is 3.17 bits per heavy atom. The first-order chi connectivity index (χ1) is 8.78. The number of likely N-dealkylation sites (tertiary alicyclic amines) is 1. The highest BCUT2D eigenvalue weighted by atomic mass is 15.2. The molecule has 1 aromatic heterocycles. The summed E-state index contributed by atoms with van der Waals surface area (Å²) in [6.45, 7) is 2.02. The predicted octanol–water partition coefficient (Wildman–Crippen LogP) is 0.624. The van der Waals surface area contributed by atoms with Gasteiger partial charge in [-0.15, -0.1) is 4.99 Å². The summed E-state index contributed by atoms with van der Waals surface area (Å²) >= 11 is 0. The van der Waals surface area contributed by atoms with E-state index >= 15 is 0 Å². The number of aliphatic imine (C=N–C) groups is 1. The van der Waals surface area contributed by atoms with E-state index in [1.807, 2.05) is 12.1 Å². The van der Waals surface area contributed by atoms with Crippen LogP contribution < -0.4 is 10.6 Å².